The monoisotopic (exact) mass is 255 g/mol. The summed E-state index contributed by atoms with van der Waals surface area (Å²) in [7, 11) is 0. The van der Waals surface area contributed by atoms with Crippen LogP contribution >= 0.6 is 0 Å². The van der Waals surface area contributed by atoms with Crippen LogP contribution in [0.3, 0.4) is 0 Å². The lowest BCUT2D eigenvalue weighted by Crippen LogP contribution is -2.08. The fraction of sp³-hybridized carbons (Fsp3) is 0.294. The zero-order valence-electron chi connectivity index (χ0n) is 11.6. The van der Waals surface area contributed by atoms with Crippen molar-refractivity contribution in [3.8, 4) is 16.9 Å². The Morgan fingerprint density at radius 3 is 2.32 bits per heavy atom. The van der Waals surface area contributed by atoms with Crippen molar-refractivity contribution in [1.29, 1.82) is 0 Å². The Morgan fingerprint density at radius 2 is 1.68 bits per heavy atom. The summed E-state index contributed by atoms with van der Waals surface area (Å²) in [4.78, 5) is 0. The lowest BCUT2D eigenvalue weighted by molar-refractivity contribution is 0.341. The minimum atomic E-state index is 0.121. The molecule has 2 nitrogen and oxygen atoms in total. The maximum atomic E-state index is 6.04. The summed E-state index contributed by atoms with van der Waals surface area (Å²) in [5, 5.41) is 0. The number of rotatable bonds is 5. The van der Waals surface area contributed by atoms with Gasteiger partial charge in [0.15, 0.2) is 0 Å². The molecule has 0 saturated heterocycles. The van der Waals surface area contributed by atoms with Gasteiger partial charge in [-0.2, -0.15) is 0 Å². The molecule has 0 aromatic heterocycles. The van der Waals surface area contributed by atoms with Crippen molar-refractivity contribution in [3.05, 3.63) is 54.1 Å². The molecule has 0 aliphatic rings. The molecular formula is C17H21NO. The predicted molar refractivity (Wildman–Crippen MR) is 80.3 cm³/mol. The van der Waals surface area contributed by atoms with Crippen molar-refractivity contribution >= 4 is 0 Å². The fourth-order valence-corrected chi connectivity index (χ4v) is 2.13. The van der Waals surface area contributed by atoms with E-state index in [1.54, 1.807) is 0 Å². The molecule has 0 aliphatic carbocycles. The van der Waals surface area contributed by atoms with Gasteiger partial charge in [0, 0.05) is 11.6 Å². The first kappa shape index (κ1) is 13.6. The molecule has 2 N–H and O–H groups in total. The van der Waals surface area contributed by atoms with Gasteiger partial charge in [-0.1, -0.05) is 49.4 Å². The SMILES string of the molecule is CCOc1ccccc1-c1ccc(C(N)CC)cc1. The molecule has 2 aromatic carbocycles. The summed E-state index contributed by atoms with van der Waals surface area (Å²) in [6.45, 7) is 4.78. The second-order valence-corrected chi connectivity index (χ2v) is 4.57. The summed E-state index contributed by atoms with van der Waals surface area (Å²) in [6.07, 6.45) is 0.953. The first-order chi connectivity index (χ1) is 9.26. The Hall–Kier alpha value is -1.80. The summed E-state index contributed by atoms with van der Waals surface area (Å²) in [5.41, 5.74) is 9.51. The quantitative estimate of drug-likeness (QED) is 0.870. The third kappa shape index (κ3) is 3.15. The van der Waals surface area contributed by atoms with Gasteiger partial charge in [0.1, 0.15) is 5.75 Å². The summed E-state index contributed by atoms with van der Waals surface area (Å²) in [6, 6.07) is 16.7. The van der Waals surface area contributed by atoms with Crippen molar-refractivity contribution in [2.24, 2.45) is 5.73 Å². The van der Waals surface area contributed by atoms with Crippen LogP contribution in [0.2, 0.25) is 0 Å². The van der Waals surface area contributed by atoms with E-state index >= 15 is 0 Å². The van der Waals surface area contributed by atoms with Crippen LogP contribution in [0.4, 0.5) is 0 Å². The maximum Gasteiger partial charge on any atom is 0.127 e. The highest BCUT2D eigenvalue weighted by molar-refractivity contribution is 5.70. The minimum Gasteiger partial charge on any atom is -0.493 e. The Balaban J connectivity index is 2.32. The van der Waals surface area contributed by atoms with Crippen LogP contribution in [0.1, 0.15) is 31.9 Å². The molecule has 0 heterocycles. The van der Waals surface area contributed by atoms with Gasteiger partial charge in [0.05, 0.1) is 6.61 Å². The molecule has 2 rings (SSSR count). The van der Waals surface area contributed by atoms with Gasteiger partial charge in [-0.25, -0.2) is 0 Å². The van der Waals surface area contributed by atoms with Crippen LogP contribution in [0, 0.1) is 0 Å². The number of ether oxygens (including phenoxy) is 1. The second-order valence-electron chi connectivity index (χ2n) is 4.57. The zero-order valence-corrected chi connectivity index (χ0v) is 11.6. The van der Waals surface area contributed by atoms with Crippen molar-refractivity contribution in [2.45, 2.75) is 26.3 Å². The van der Waals surface area contributed by atoms with E-state index in [-0.39, 0.29) is 6.04 Å². The molecule has 0 spiro atoms. The van der Waals surface area contributed by atoms with Crippen LogP contribution in [0.5, 0.6) is 5.75 Å². The molecule has 2 aromatic rings. The molecule has 1 atom stereocenters. The van der Waals surface area contributed by atoms with Crippen LogP contribution in [0.25, 0.3) is 11.1 Å². The Bertz CT molecular complexity index is 519. The molecular weight excluding hydrogens is 234 g/mol. The van der Waals surface area contributed by atoms with E-state index in [0.717, 1.165) is 23.3 Å². The highest BCUT2D eigenvalue weighted by Crippen LogP contribution is 2.30. The number of benzene rings is 2. The van der Waals surface area contributed by atoms with Gasteiger partial charge < -0.3 is 10.5 Å². The van der Waals surface area contributed by atoms with E-state index in [2.05, 4.69) is 37.3 Å². The summed E-state index contributed by atoms with van der Waals surface area (Å²) in [5.74, 6) is 0.928. The standard InChI is InChI=1S/C17H21NO/c1-3-16(18)14-11-9-13(10-12-14)15-7-5-6-8-17(15)19-4-2/h5-12,16H,3-4,18H2,1-2H3. The lowest BCUT2D eigenvalue weighted by atomic mass is 9.99. The fourth-order valence-electron chi connectivity index (χ4n) is 2.13. The van der Waals surface area contributed by atoms with E-state index in [9.17, 15) is 0 Å². The molecule has 0 fully saturated rings. The highest BCUT2D eigenvalue weighted by Gasteiger charge is 2.07. The van der Waals surface area contributed by atoms with Crippen molar-refractivity contribution in [1.82, 2.24) is 0 Å². The molecule has 0 saturated carbocycles. The number of hydrogen-bond acceptors (Lipinski definition) is 2. The van der Waals surface area contributed by atoms with Crippen LogP contribution < -0.4 is 10.5 Å². The number of nitrogens with two attached hydrogens (primary N) is 1. The molecule has 0 radical (unpaired) electrons. The molecule has 0 aliphatic heterocycles. The van der Waals surface area contributed by atoms with Crippen LogP contribution in [0.15, 0.2) is 48.5 Å². The second kappa shape index (κ2) is 6.39. The van der Waals surface area contributed by atoms with Gasteiger partial charge in [-0.05, 0) is 30.5 Å². The zero-order chi connectivity index (χ0) is 13.7. The molecule has 2 heteroatoms. The first-order valence-corrected chi connectivity index (χ1v) is 6.84. The predicted octanol–water partition coefficient (Wildman–Crippen LogP) is 4.16. The third-order valence-electron chi connectivity index (χ3n) is 3.28. The normalized spacial score (nSPS) is 12.2. The van der Waals surface area contributed by atoms with E-state index in [1.165, 1.54) is 5.56 Å². The van der Waals surface area contributed by atoms with E-state index in [0.29, 0.717) is 6.61 Å². The topological polar surface area (TPSA) is 35.2 Å². The Kier molecular flexibility index (Phi) is 4.58. The van der Waals surface area contributed by atoms with E-state index in [4.69, 9.17) is 10.5 Å². The average molecular weight is 255 g/mol. The number of hydrogen-bond donors (Lipinski definition) is 1. The third-order valence-corrected chi connectivity index (χ3v) is 3.28. The molecule has 0 amide bonds. The van der Waals surface area contributed by atoms with Crippen LogP contribution in [-0.2, 0) is 0 Å². The van der Waals surface area contributed by atoms with Gasteiger partial charge in [-0.15, -0.1) is 0 Å². The van der Waals surface area contributed by atoms with Crippen LogP contribution in [-0.4, -0.2) is 6.61 Å². The van der Waals surface area contributed by atoms with E-state index < -0.39 is 0 Å². The number of para-hydroxylation sites is 1. The maximum absolute atomic E-state index is 6.04. The van der Waals surface area contributed by atoms with Crippen molar-refractivity contribution in [3.63, 3.8) is 0 Å². The van der Waals surface area contributed by atoms with Gasteiger partial charge in [0.25, 0.3) is 0 Å². The van der Waals surface area contributed by atoms with Gasteiger partial charge >= 0.3 is 0 Å². The van der Waals surface area contributed by atoms with Gasteiger partial charge in [-0.3, -0.25) is 0 Å². The summed E-state index contributed by atoms with van der Waals surface area (Å²) < 4.78 is 5.67. The first-order valence-electron chi connectivity index (χ1n) is 6.84. The smallest absolute Gasteiger partial charge is 0.127 e. The Labute approximate surface area is 115 Å². The highest BCUT2D eigenvalue weighted by atomic mass is 16.5. The van der Waals surface area contributed by atoms with E-state index in [1.807, 2.05) is 25.1 Å². The summed E-state index contributed by atoms with van der Waals surface area (Å²) >= 11 is 0. The molecule has 100 valence electrons. The minimum absolute atomic E-state index is 0.121. The average Bonchev–Trinajstić information content (AvgIpc) is 2.47. The van der Waals surface area contributed by atoms with Crippen molar-refractivity contribution in [2.75, 3.05) is 6.61 Å². The molecule has 0 bridgehead atoms. The largest absolute Gasteiger partial charge is 0.493 e. The molecule has 1 unspecified atom stereocenters. The molecule has 19 heavy (non-hydrogen) atoms. The van der Waals surface area contributed by atoms with Crippen molar-refractivity contribution < 1.29 is 4.74 Å². The van der Waals surface area contributed by atoms with Gasteiger partial charge in [0.2, 0.25) is 0 Å². The Morgan fingerprint density at radius 1 is 1.00 bits per heavy atom. The lowest BCUT2D eigenvalue weighted by Gasteiger charge is -2.12.